The lowest BCUT2D eigenvalue weighted by molar-refractivity contribution is -0.118. The van der Waals surface area contributed by atoms with E-state index in [-0.39, 0.29) is 17.9 Å². The summed E-state index contributed by atoms with van der Waals surface area (Å²) in [6, 6.07) is 9.28. The van der Waals surface area contributed by atoms with Crippen molar-refractivity contribution in [3.63, 3.8) is 0 Å². The van der Waals surface area contributed by atoms with Gasteiger partial charge in [0.05, 0.1) is 24.3 Å². The largest absolute Gasteiger partial charge is 0.497 e. The highest BCUT2D eigenvalue weighted by Crippen LogP contribution is 2.26. The molecule has 0 aromatic heterocycles. The average molecular weight is 384 g/mol. The number of rotatable bonds is 6. The topological polar surface area (TPSA) is 73.9 Å². The summed E-state index contributed by atoms with van der Waals surface area (Å²) >= 11 is 11.7. The Kier molecular flexibility index (Phi) is 6.50. The van der Waals surface area contributed by atoms with E-state index in [4.69, 9.17) is 32.7 Å². The molecule has 2 aromatic carbocycles. The van der Waals surface area contributed by atoms with Gasteiger partial charge in [-0.25, -0.2) is 4.79 Å². The highest BCUT2D eigenvalue weighted by atomic mass is 35.5. The second kappa shape index (κ2) is 8.60. The van der Waals surface area contributed by atoms with Crippen LogP contribution in [-0.2, 0) is 9.53 Å². The molecule has 2 rings (SSSR count). The van der Waals surface area contributed by atoms with E-state index in [1.807, 2.05) is 0 Å². The monoisotopic (exact) mass is 383 g/mol. The summed E-state index contributed by atoms with van der Waals surface area (Å²) < 4.78 is 15.2. The molecule has 1 amide bonds. The number of anilines is 1. The Hall–Kier alpha value is -2.44. The van der Waals surface area contributed by atoms with Gasteiger partial charge in [-0.2, -0.15) is 0 Å². The number of carbonyl (C=O) groups excluding carboxylic acids is 2. The second-order valence-corrected chi connectivity index (χ2v) is 5.63. The Bertz CT molecular complexity index is 795. The van der Waals surface area contributed by atoms with Crippen LogP contribution < -0.4 is 14.8 Å². The number of methoxy groups -OCH3 is 2. The van der Waals surface area contributed by atoms with Crippen LogP contribution in [0.15, 0.2) is 36.4 Å². The third-order valence-electron chi connectivity index (χ3n) is 3.16. The van der Waals surface area contributed by atoms with Crippen LogP contribution in [0.1, 0.15) is 10.4 Å². The van der Waals surface area contributed by atoms with Gasteiger partial charge in [0, 0.05) is 11.8 Å². The fourth-order valence-corrected chi connectivity index (χ4v) is 2.24. The maximum Gasteiger partial charge on any atom is 0.341 e. The molecule has 0 atom stereocenters. The van der Waals surface area contributed by atoms with Gasteiger partial charge in [0.1, 0.15) is 17.1 Å². The number of amides is 1. The van der Waals surface area contributed by atoms with Crippen molar-refractivity contribution in [1.29, 1.82) is 0 Å². The molecule has 132 valence electrons. The standard InChI is InChI=1S/C17H15Cl2NO5/c1-23-11-4-5-12(17(22)24-2)15(8-11)25-9-16(21)20-10-3-6-13(18)14(19)7-10/h3-8H,9H2,1-2H3,(H,20,21). The molecule has 8 heteroatoms. The van der Waals surface area contributed by atoms with E-state index in [1.165, 1.54) is 32.4 Å². The number of benzene rings is 2. The summed E-state index contributed by atoms with van der Waals surface area (Å²) in [5.74, 6) is -0.359. The van der Waals surface area contributed by atoms with Gasteiger partial charge in [-0.3, -0.25) is 4.79 Å². The first kappa shape index (κ1) is 18.9. The lowest BCUT2D eigenvalue weighted by Crippen LogP contribution is -2.21. The third-order valence-corrected chi connectivity index (χ3v) is 3.90. The van der Waals surface area contributed by atoms with Gasteiger partial charge in [-0.05, 0) is 30.3 Å². The minimum absolute atomic E-state index is 0.176. The Morgan fingerprint density at radius 1 is 1.04 bits per heavy atom. The second-order valence-electron chi connectivity index (χ2n) is 4.82. The number of hydrogen-bond donors (Lipinski definition) is 1. The number of ether oxygens (including phenoxy) is 3. The molecule has 0 radical (unpaired) electrons. The van der Waals surface area contributed by atoms with Crippen LogP contribution in [0.4, 0.5) is 5.69 Å². The van der Waals surface area contributed by atoms with E-state index in [0.29, 0.717) is 21.5 Å². The van der Waals surface area contributed by atoms with Crippen molar-refractivity contribution in [3.05, 3.63) is 52.0 Å². The van der Waals surface area contributed by atoms with Crippen LogP contribution in [0.3, 0.4) is 0 Å². The van der Waals surface area contributed by atoms with Crippen molar-refractivity contribution >= 4 is 40.8 Å². The zero-order chi connectivity index (χ0) is 18.4. The van der Waals surface area contributed by atoms with E-state index in [9.17, 15) is 9.59 Å². The zero-order valence-corrected chi connectivity index (χ0v) is 15.0. The molecule has 0 spiro atoms. The van der Waals surface area contributed by atoms with Crippen LogP contribution in [-0.4, -0.2) is 32.7 Å². The normalized spacial score (nSPS) is 10.1. The Balaban J connectivity index is 2.07. The van der Waals surface area contributed by atoms with E-state index < -0.39 is 11.9 Å². The molecule has 0 aliphatic carbocycles. The van der Waals surface area contributed by atoms with Gasteiger partial charge in [0.25, 0.3) is 5.91 Å². The van der Waals surface area contributed by atoms with E-state index in [0.717, 1.165) is 0 Å². The summed E-state index contributed by atoms with van der Waals surface area (Å²) in [6.45, 7) is -0.322. The number of nitrogens with one attached hydrogen (secondary N) is 1. The van der Waals surface area contributed by atoms with Crippen molar-refractivity contribution in [3.8, 4) is 11.5 Å². The summed E-state index contributed by atoms with van der Waals surface area (Å²) in [4.78, 5) is 23.8. The molecule has 0 aliphatic heterocycles. The molecular formula is C17H15Cl2NO5. The van der Waals surface area contributed by atoms with Crippen molar-refractivity contribution < 1.29 is 23.8 Å². The first-order valence-corrected chi connectivity index (χ1v) is 7.84. The molecule has 25 heavy (non-hydrogen) atoms. The molecule has 0 bridgehead atoms. The fourth-order valence-electron chi connectivity index (χ4n) is 1.94. The number of esters is 1. The van der Waals surface area contributed by atoms with Gasteiger partial charge < -0.3 is 19.5 Å². The van der Waals surface area contributed by atoms with Crippen LogP contribution in [0, 0.1) is 0 Å². The van der Waals surface area contributed by atoms with Gasteiger partial charge in [-0.1, -0.05) is 23.2 Å². The van der Waals surface area contributed by atoms with Gasteiger partial charge in [0.2, 0.25) is 0 Å². The van der Waals surface area contributed by atoms with Crippen LogP contribution >= 0.6 is 23.2 Å². The van der Waals surface area contributed by atoms with Crippen LogP contribution in [0.25, 0.3) is 0 Å². The van der Waals surface area contributed by atoms with E-state index >= 15 is 0 Å². The number of hydrogen-bond acceptors (Lipinski definition) is 5. The molecule has 2 aromatic rings. The Labute approximate surface area is 154 Å². The molecular weight excluding hydrogens is 369 g/mol. The van der Waals surface area contributed by atoms with Gasteiger partial charge in [-0.15, -0.1) is 0 Å². The molecule has 1 N–H and O–H groups in total. The number of halogens is 2. The molecule has 0 fully saturated rings. The smallest absolute Gasteiger partial charge is 0.341 e. The molecule has 0 heterocycles. The van der Waals surface area contributed by atoms with E-state index in [1.54, 1.807) is 18.2 Å². The summed E-state index contributed by atoms with van der Waals surface area (Å²) in [7, 11) is 2.74. The van der Waals surface area contributed by atoms with Gasteiger partial charge in [0.15, 0.2) is 6.61 Å². The molecule has 0 saturated carbocycles. The average Bonchev–Trinajstić information content (AvgIpc) is 2.62. The summed E-state index contributed by atoms with van der Waals surface area (Å²) in [6.07, 6.45) is 0. The third kappa shape index (κ3) is 5.01. The van der Waals surface area contributed by atoms with Gasteiger partial charge >= 0.3 is 5.97 Å². The Morgan fingerprint density at radius 3 is 2.44 bits per heavy atom. The summed E-state index contributed by atoms with van der Waals surface area (Å²) in [5.41, 5.74) is 0.660. The summed E-state index contributed by atoms with van der Waals surface area (Å²) in [5, 5.41) is 3.32. The zero-order valence-electron chi connectivity index (χ0n) is 13.5. The molecule has 0 aliphatic rings. The lowest BCUT2D eigenvalue weighted by Gasteiger charge is -2.12. The van der Waals surface area contributed by atoms with Crippen LogP contribution in [0.5, 0.6) is 11.5 Å². The van der Waals surface area contributed by atoms with Crippen molar-refractivity contribution in [2.45, 2.75) is 0 Å². The molecule has 0 saturated heterocycles. The first-order valence-electron chi connectivity index (χ1n) is 7.08. The highest BCUT2D eigenvalue weighted by molar-refractivity contribution is 6.42. The number of carbonyl (C=O) groups is 2. The fraction of sp³-hybridized carbons (Fsp3) is 0.176. The lowest BCUT2D eigenvalue weighted by atomic mass is 10.2. The first-order chi connectivity index (χ1) is 11.9. The molecule has 6 nitrogen and oxygen atoms in total. The van der Waals surface area contributed by atoms with Crippen molar-refractivity contribution in [2.75, 3.05) is 26.1 Å². The maximum atomic E-state index is 12.0. The van der Waals surface area contributed by atoms with Crippen molar-refractivity contribution in [1.82, 2.24) is 0 Å². The predicted octanol–water partition coefficient (Wildman–Crippen LogP) is 3.81. The molecule has 0 unspecified atom stereocenters. The SMILES string of the molecule is COC(=O)c1ccc(OC)cc1OCC(=O)Nc1ccc(Cl)c(Cl)c1. The minimum atomic E-state index is -0.581. The van der Waals surface area contributed by atoms with E-state index in [2.05, 4.69) is 10.1 Å². The van der Waals surface area contributed by atoms with Crippen LogP contribution in [0.2, 0.25) is 10.0 Å². The quantitative estimate of drug-likeness (QED) is 0.767. The predicted molar refractivity (Wildman–Crippen MR) is 94.9 cm³/mol. The highest BCUT2D eigenvalue weighted by Gasteiger charge is 2.15. The Morgan fingerprint density at radius 2 is 1.80 bits per heavy atom. The minimum Gasteiger partial charge on any atom is -0.497 e. The maximum absolute atomic E-state index is 12.0. The van der Waals surface area contributed by atoms with Crippen molar-refractivity contribution in [2.24, 2.45) is 0 Å².